The van der Waals surface area contributed by atoms with Crippen LogP contribution in [0.2, 0.25) is 0 Å². The van der Waals surface area contributed by atoms with Crippen molar-refractivity contribution in [1.29, 1.82) is 0 Å². The molecular weight excluding hydrogens is 773 g/mol. The van der Waals surface area contributed by atoms with Crippen LogP contribution in [-0.4, -0.2) is 19.5 Å². The van der Waals surface area contributed by atoms with Gasteiger partial charge < -0.3 is 13.4 Å². The highest BCUT2D eigenvalue weighted by atomic mass is 16.3. The van der Waals surface area contributed by atoms with Crippen LogP contribution in [0.1, 0.15) is 0 Å². The first-order valence-corrected chi connectivity index (χ1v) is 21.2. The molecule has 10 aromatic carbocycles. The molecule has 4 heterocycles. The number of benzene rings is 10. The summed E-state index contributed by atoms with van der Waals surface area (Å²) in [4.78, 5) is 16.3. The summed E-state index contributed by atoms with van der Waals surface area (Å²) < 4.78 is 15.9. The van der Waals surface area contributed by atoms with Gasteiger partial charge in [0.15, 0.2) is 17.5 Å². The molecule has 0 aliphatic carbocycles. The Morgan fingerprint density at radius 1 is 0.302 bits per heavy atom. The SMILES string of the molecule is c1ccc2cc3c(cc2c1)c1ccccc1n3-c1cc2oc3c4ccccc4ccc3c2cc1-c1nc(-c2cccc3ccccc23)nc(-c2cccc3c2oc2ccccc23)n1. The van der Waals surface area contributed by atoms with E-state index in [1.54, 1.807) is 0 Å². The minimum Gasteiger partial charge on any atom is -0.455 e. The van der Waals surface area contributed by atoms with Crippen molar-refractivity contribution in [2.45, 2.75) is 0 Å². The minimum absolute atomic E-state index is 0.523. The predicted molar refractivity (Wildman–Crippen MR) is 258 cm³/mol. The molecule has 6 heteroatoms. The Morgan fingerprint density at radius 2 is 0.873 bits per heavy atom. The highest BCUT2D eigenvalue weighted by Gasteiger charge is 2.24. The second kappa shape index (κ2) is 12.9. The first kappa shape index (κ1) is 34.1. The molecule has 0 unspecified atom stereocenters. The van der Waals surface area contributed by atoms with Crippen molar-refractivity contribution in [2.24, 2.45) is 0 Å². The highest BCUT2D eigenvalue weighted by molar-refractivity contribution is 6.18. The van der Waals surface area contributed by atoms with E-state index < -0.39 is 0 Å². The average molecular weight is 805 g/mol. The van der Waals surface area contributed by atoms with E-state index in [9.17, 15) is 0 Å². The van der Waals surface area contributed by atoms with Gasteiger partial charge in [-0.3, -0.25) is 0 Å². The van der Waals surface area contributed by atoms with E-state index in [1.807, 2.05) is 24.3 Å². The fourth-order valence-electron chi connectivity index (χ4n) is 9.90. The Balaban J connectivity index is 1.14. The summed E-state index contributed by atoms with van der Waals surface area (Å²) in [5.74, 6) is 1.63. The van der Waals surface area contributed by atoms with E-state index in [0.29, 0.717) is 17.5 Å². The number of aromatic nitrogens is 4. The Morgan fingerprint density at radius 3 is 1.71 bits per heavy atom. The Hall–Kier alpha value is -8.61. The minimum atomic E-state index is 0.523. The largest absolute Gasteiger partial charge is 0.455 e. The second-order valence-electron chi connectivity index (χ2n) is 16.3. The molecule has 0 aliphatic heterocycles. The molecule has 0 saturated carbocycles. The van der Waals surface area contributed by atoms with Gasteiger partial charge in [-0.15, -0.1) is 0 Å². The maximum atomic E-state index is 6.92. The standard InChI is InChI=1S/C57H32N4O2/c1-2-16-36-30-49-45(29-35(36)15-1)39-20-7-9-25-48(39)61(49)50-32-52-46(42-28-27-34-14-4-6-19-38(34)53(42)63-52)31-47(50)57-59-55(43-23-11-17-33-13-3-5-18-37(33)43)58-56(60-57)44-24-12-22-41-40-21-8-10-26-51(40)62-54(41)44/h1-32H. The number of nitrogens with zero attached hydrogens (tertiary/aromatic N) is 4. The van der Waals surface area contributed by atoms with Crippen LogP contribution in [0.15, 0.2) is 203 Å². The van der Waals surface area contributed by atoms with Gasteiger partial charge in [-0.05, 0) is 69.4 Å². The summed E-state index contributed by atoms with van der Waals surface area (Å²) in [7, 11) is 0. The lowest BCUT2D eigenvalue weighted by Crippen LogP contribution is -2.04. The number of fused-ring (bicyclic) bond motifs is 13. The van der Waals surface area contributed by atoms with Gasteiger partial charge in [-0.2, -0.15) is 0 Å². The van der Waals surface area contributed by atoms with E-state index in [4.69, 9.17) is 23.8 Å². The van der Waals surface area contributed by atoms with Crippen LogP contribution < -0.4 is 0 Å². The van der Waals surface area contributed by atoms with E-state index in [-0.39, 0.29) is 0 Å². The molecule has 0 fully saturated rings. The molecule has 14 aromatic rings. The summed E-state index contributed by atoms with van der Waals surface area (Å²) in [6.07, 6.45) is 0. The van der Waals surface area contributed by atoms with Crippen LogP contribution in [0.4, 0.5) is 0 Å². The van der Waals surface area contributed by atoms with E-state index in [0.717, 1.165) is 115 Å². The van der Waals surface area contributed by atoms with Crippen molar-refractivity contribution in [3.8, 4) is 39.9 Å². The second-order valence-corrected chi connectivity index (χ2v) is 16.3. The molecule has 0 N–H and O–H groups in total. The lowest BCUT2D eigenvalue weighted by atomic mass is 10.0. The van der Waals surface area contributed by atoms with Crippen molar-refractivity contribution in [3.63, 3.8) is 0 Å². The molecule has 0 radical (unpaired) electrons. The summed E-state index contributed by atoms with van der Waals surface area (Å²) in [5, 5.41) is 13.1. The first-order chi connectivity index (χ1) is 31.2. The average Bonchev–Trinajstić information content (AvgIpc) is 4.02. The number of rotatable bonds is 4. The van der Waals surface area contributed by atoms with Gasteiger partial charge in [0.2, 0.25) is 0 Å². The third-order valence-corrected chi connectivity index (χ3v) is 12.8. The molecule has 63 heavy (non-hydrogen) atoms. The summed E-state index contributed by atoms with van der Waals surface area (Å²) in [6, 6.07) is 68.0. The zero-order chi connectivity index (χ0) is 41.2. The summed E-state index contributed by atoms with van der Waals surface area (Å²) >= 11 is 0. The van der Waals surface area contributed by atoms with Crippen molar-refractivity contribution in [1.82, 2.24) is 19.5 Å². The van der Waals surface area contributed by atoms with Crippen molar-refractivity contribution in [2.75, 3.05) is 0 Å². The molecule has 292 valence electrons. The fourth-order valence-corrected chi connectivity index (χ4v) is 9.90. The quantitative estimate of drug-likeness (QED) is 0.177. The van der Waals surface area contributed by atoms with E-state index in [2.05, 4.69) is 174 Å². The molecule has 6 nitrogen and oxygen atoms in total. The topological polar surface area (TPSA) is 69.9 Å². The van der Waals surface area contributed by atoms with Gasteiger partial charge in [0.25, 0.3) is 0 Å². The number of para-hydroxylation sites is 3. The van der Waals surface area contributed by atoms with Gasteiger partial charge in [0, 0.05) is 54.9 Å². The van der Waals surface area contributed by atoms with Crippen LogP contribution in [0.3, 0.4) is 0 Å². The van der Waals surface area contributed by atoms with E-state index in [1.165, 1.54) is 5.39 Å². The van der Waals surface area contributed by atoms with Gasteiger partial charge in [0.05, 0.1) is 22.3 Å². The van der Waals surface area contributed by atoms with E-state index >= 15 is 0 Å². The fraction of sp³-hybridized carbons (Fsp3) is 0. The normalized spacial score (nSPS) is 12.1. The lowest BCUT2D eigenvalue weighted by Gasteiger charge is -2.15. The van der Waals surface area contributed by atoms with Gasteiger partial charge in [0.1, 0.15) is 22.3 Å². The summed E-state index contributed by atoms with van der Waals surface area (Å²) in [5.41, 5.74) is 8.78. The highest BCUT2D eigenvalue weighted by Crippen LogP contribution is 2.44. The predicted octanol–water partition coefficient (Wildman–Crippen LogP) is 15.2. The Kier molecular flexibility index (Phi) is 7.02. The monoisotopic (exact) mass is 804 g/mol. The molecule has 0 atom stereocenters. The van der Waals surface area contributed by atoms with Crippen molar-refractivity contribution in [3.05, 3.63) is 194 Å². The van der Waals surface area contributed by atoms with Gasteiger partial charge >= 0.3 is 0 Å². The van der Waals surface area contributed by atoms with Crippen molar-refractivity contribution < 1.29 is 8.83 Å². The van der Waals surface area contributed by atoms with Crippen LogP contribution in [-0.2, 0) is 0 Å². The molecule has 14 rings (SSSR count). The van der Waals surface area contributed by atoms with Crippen LogP contribution >= 0.6 is 0 Å². The Labute approximate surface area is 358 Å². The molecular formula is C57H32N4O2. The van der Waals surface area contributed by atoms with Crippen LogP contribution in [0.5, 0.6) is 0 Å². The van der Waals surface area contributed by atoms with Crippen LogP contribution in [0, 0.1) is 0 Å². The molecule has 0 bridgehead atoms. The number of hydrogen-bond acceptors (Lipinski definition) is 5. The molecule has 0 spiro atoms. The first-order valence-electron chi connectivity index (χ1n) is 21.2. The third-order valence-electron chi connectivity index (χ3n) is 12.8. The smallest absolute Gasteiger partial charge is 0.167 e. The van der Waals surface area contributed by atoms with Gasteiger partial charge in [-0.1, -0.05) is 146 Å². The maximum absolute atomic E-state index is 6.92. The van der Waals surface area contributed by atoms with Crippen LogP contribution in [0.25, 0.3) is 138 Å². The zero-order valence-corrected chi connectivity index (χ0v) is 33.6. The maximum Gasteiger partial charge on any atom is 0.167 e. The number of furan rings is 2. The number of hydrogen-bond donors (Lipinski definition) is 0. The Bertz CT molecular complexity index is 4230. The third kappa shape index (κ3) is 5.03. The molecule has 0 aliphatic rings. The molecule has 0 saturated heterocycles. The molecule has 0 amide bonds. The zero-order valence-electron chi connectivity index (χ0n) is 33.6. The summed E-state index contributed by atoms with van der Waals surface area (Å²) in [6.45, 7) is 0. The van der Waals surface area contributed by atoms with Crippen molar-refractivity contribution >= 4 is 98.0 Å². The lowest BCUT2D eigenvalue weighted by molar-refractivity contribution is 0.669. The molecule has 4 aromatic heterocycles. The van der Waals surface area contributed by atoms with Gasteiger partial charge in [-0.25, -0.2) is 15.0 Å².